The first kappa shape index (κ1) is 20.9. The number of carbonyl (C=O) groups excluding carboxylic acids is 2. The van der Waals surface area contributed by atoms with Gasteiger partial charge in [0.1, 0.15) is 11.0 Å². The number of nitro groups is 1. The molecule has 8 nitrogen and oxygen atoms in total. The SMILES string of the molecule is Cc1cc(SC#N)cc(C)c1NC(=O)COC(=O)c1cccc(C)c1[N+](=O)[O-]. The van der Waals surface area contributed by atoms with Gasteiger partial charge in [-0.05, 0) is 61.9 Å². The van der Waals surface area contributed by atoms with Gasteiger partial charge in [0, 0.05) is 16.1 Å². The van der Waals surface area contributed by atoms with E-state index in [0.717, 1.165) is 27.8 Å². The first-order valence-electron chi connectivity index (χ1n) is 8.12. The van der Waals surface area contributed by atoms with Crippen LogP contribution in [0.15, 0.2) is 35.2 Å². The van der Waals surface area contributed by atoms with Gasteiger partial charge in [0.15, 0.2) is 6.61 Å². The Morgan fingerprint density at radius 2 is 1.86 bits per heavy atom. The van der Waals surface area contributed by atoms with E-state index in [1.807, 2.05) is 5.40 Å². The van der Waals surface area contributed by atoms with Crippen LogP contribution in [0.4, 0.5) is 11.4 Å². The van der Waals surface area contributed by atoms with Crippen LogP contribution in [0.5, 0.6) is 0 Å². The van der Waals surface area contributed by atoms with E-state index in [-0.39, 0.29) is 11.3 Å². The molecule has 0 aliphatic carbocycles. The van der Waals surface area contributed by atoms with Crippen molar-refractivity contribution >= 4 is 35.0 Å². The Bertz CT molecular complexity index is 975. The summed E-state index contributed by atoms with van der Waals surface area (Å²) in [5.41, 5.74) is 1.85. The van der Waals surface area contributed by atoms with Gasteiger partial charge in [0.2, 0.25) is 0 Å². The number of benzene rings is 2. The maximum atomic E-state index is 12.2. The first-order chi connectivity index (χ1) is 13.2. The average Bonchev–Trinajstić information content (AvgIpc) is 2.62. The Hall–Kier alpha value is -3.38. The molecule has 0 atom stereocenters. The Balaban J connectivity index is 2.08. The van der Waals surface area contributed by atoms with Gasteiger partial charge >= 0.3 is 5.97 Å². The highest BCUT2D eigenvalue weighted by Crippen LogP contribution is 2.27. The molecule has 0 radical (unpaired) electrons. The third-order valence-electron chi connectivity index (χ3n) is 3.91. The molecule has 144 valence electrons. The van der Waals surface area contributed by atoms with E-state index in [1.54, 1.807) is 26.0 Å². The second-order valence-corrected chi connectivity index (χ2v) is 6.84. The number of nitrogens with zero attached hydrogens (tertiary/aromatic N) is 2. The molecule has 1 amide bonds. The van der Waals surface area contributed by atoms with Gasteiger partial charge in [-0.1, -0.05) is 12.1 Å². The molecule has 0 aliphatic heterocycles. The second-order valence-electron chi connectivity index (χ2n) is 5.98. The molecule has 2 rings (SSSR count). The van der Waals surface area contributed by atoms with Crippen LogP contribution in [0.1, 0.15) is 27.0 Å². The Morgan fingerprint density at radius 1 is 1.21 bits per heavy atom. The number of aryl methyl sites for hydroxylation is 3. The molecule has 9 heteroatoms. The van der Waals surface area contributed by atoms with E-state index in [9.17, 15) is 19.7 Å². The molecular formula is C19H17N3O5S. The lowest BCUT2D eigenvalue weighted by atomic mass is 10.1. The predicted octanol–water partition coefficient (Wildman–Crippen LogP) is 3.89. The molecular weight excluding hydrogens is 382 g/mol. The minimum atomic E-state index is -0.945. The van der Waals surface area contributed by atoms with E-state index in [4.69, 9.17) is 10.00 Å². The van der Waals surface area contributed by atoms with Crippen molar-refractivity contribution in [3.8, 4) is 5.40 Å². The zero-order valence-corrected chi connectivity index (χ0v) is 16.3. The van der Waals surface area contributed by atoms with Crippen LogP contribution >= 0.6 is 11.8 Å². The number of thiocyanates is 1. The van der Waals surface area contributed by atoms with Crippen molar-refractivity contribution in [2.45, 2.75) is 25.7 Å². The highest BCUT2D eigenvalue weighted by molar-refractivity contribution is 8.03. The fraction of sp³-hybridized carbons (Fsp3) is 0.211. The smallest absolute Gasteiger partial charge is 0.345 e. The zero-order valence-electron chi connectivity index (χ0n) is 15.4. The van der Waals surface area contributed by atoms with Gasteiger partial charge in [0.05, 0.1) is 4.92 Å². The number of hydrogen-bond acceptors (Lipinski definition) is 7. The molecule has 0 bridgehead atoms. The number of hydrogen-bond donors (Lipinski definition) is 1. The summed E-state index contributed by atoms with van der Waals surface area (Å²) < 4.78 is 4.95. The minimum Gasteiger partial charge on any atom is -0.452 e. The van der Waals surface area contributed by atoms with Crippen LogP contribution in [0.2, 0.25) is 0 Å². The van der Waals surface area contributed by atoms with Gasteiger partial charge in [-0.2, -0.15) is 5.26 Å². The largest absolute Gasteiger partial charge is 0.452 e. The van der Waals surface area contributed by atoms with Gasteiger partial charge in [0.25, 0.3) is 11.6 Å². The molecule has 2 aromatic rings. The molecule has 0 aliphatic rings. The van der Waals surface area contributed by atoms with Gasteiger partial charge < -0.3 is 10.1 Å². The second kappa shape index (κ2) is 9.01. The van der Waals surface area contributed by atoms with E-state index >= 15 is 0 Å². The van der Waals surface area contributed by atoms with Crippen LogP contribution in [0.25, 0.3) is 0 Å². The van der Waals surface area contributed by atoms with Crippen molar-refractivity contribution in [3.63, 3.8) is 0 Å². The number of rotatable bonds is 6. The number of nitriles is 1. The molecule has 0 aromatic heterocycles. The summed E-state index contributed by atoms with van der Waals surface area (Å²) in [6.07, 6.45) is 0. The van der Waals surface area contributed by atoms with E-state index in [2.05, 4.69) is 5.32 Å². The number of amides is 1. The van der Waals surface area contributed by atoms with E-state index < -0.39 is 23.4 Å². The number of thioether (sulfide) groups is 1. The molecule has 2 aromatic carbocycles. The van der Waals surface area contributed by atoms with Crippen molar-refractivity contribution in [3.05, 3.63) is 62.7 Å². The lowest BCUT2D eigenvalue weighted by molar-refractivity contribution is -0.385. The normalized spacial score (nSPS) is 10.1. The van der Waals surface area contributed by atoms with Crippen LogP contribution in [-0.2, 0) is 9.53 Å². The number of nitrogens with one attached hydrogen (secondary N) is 1. The molecule has 0 spiro atoms. The molecule has 0 saturated heterocycles. The lowest BCUT2D eigenvalue weighted by Crippen LogP contribution is -2.22. The highest BCUT2D eigenvalue weighted by Gasteiger charge is 2.24. The van der Waals surface area contributed by atoms with Crippen LogP contribution in [0.3, 0.4) is 0 Å². The van der Waals surface area contributed by atoms with Crippen LogP contribution < -0.4 is 5.32 Å². The third-order valence-corrected chi connectivity index (χ3v) is 4.47. The van der Waals surface area contributed by atoms with Gasteiger partial charge in [-0.3, -0.25) is 14.9 Å². The lowest BCUT2D eigenvalue weighted by Gasteiger charge is -2.13. The van der Waals surface area contributed by atoms with Crippen molar-refractivity contribution in [1.82, 2.24) is 0 Å². The number of ether oxygens (including phenoxy) is 1. The summed E-state index contributed by atoms with van der Waals surface area (Å²) >= 11 is 1.02. The number of anilines is 1. The number of para-hydroxylation sites is 1. The van der Waals surface area contributed by atoms with Crippen LogP contribution in [0, 0.1) is 41.5 Å². The number of nitro benzene ring substituents is 1. The van der Waals surface area contributed by atoms with E-state index in [1.165, 1.54) is 25.1 Å². The Labute approximate surface area is 165 Å². The quantitative estimate of drug-likeness (QED) is 0.257. The van der Waals surface area contributed by atoms with Gasteiger partial charge in [-0.25, -0.2) is 4.79 Å². The summed E-state index contributed by atoms with van der Waals surface area (Å²) in [4.78, 5) is 35.6. The van der Waals surface area contributed by atoms with Crippen molar-refractivity contribution in [2.24, 2.45) is 0 Å². The standard InChI is InChI=1S/C19H17N3O5S/c1-11-5-4-6-15(18(11)22(25)26)19(24)27-9-16(23)21-17-12(2)7-14(28-10-20)8-13(17)3/h4-8H,9H2,1-3H3,(H,21,23). The van der Waals surface area contributed by atoms with Crippen molar-refractivity contribution in [2.75, 3.05) is 11.9 Å². The number of carbonyl (C=O) groups is 2. The molecule has 1 N–H and O–H groups in total. The molecule has 28 heavy (non-hydrogen) atoms. The molecule has 0 unspecified atom stereocenters. The Morgan fingerprint density at radius 3 is 2.43 bits per heavy atom. The number of esters is 1. The van der Waals surface area contributed by atoms with Crippen molar-refractivity contribution in [1.29, 1.82) is 5.26 Å². The first-order valence-corrected chi connectivity index (χ1v) is 8.94. The summed E-state index contributed by atoms with van der Waals surface area (Å²) in [7, 11) is 0. The van der Waals surface area contributed by atoms with Gasteiger partial charge in [-0.15, -0.1) is 0 Å². The average molecular weight is 399 g/mol. The van der Waals surface area contributed by atoms with Crippen molar-refractivity contribution < 1.29 is 19.2 Å². The van der Waals surface area contributed by atoms with Crippen LogP contribution in [-0.4, -0.2) is 23.4 Å². The summed E-state index contributed by atoms with van der Waals surface area (Å²) in [6.45, 7) is 4.50. The highest BCUT2D eigenvalue weighted by atomic mass is 32.2. The Kier molecular flexibility index (Phi) is 6.74. The predicted molar refractivity (Wildman–Crippen MR) is 104 cm³/mol. The third kappa shape index (κ3) is 4.86. The molecule has 0 heterocycles. The summed E-state index contributed by atoms with van der Waals surface area (Å²) in [6, 6.07) is 7.83. The maximum absolute atomic E-state index is 12.2. The zero-order chi connectivity index (χ0) is 20.8. The molecule has 0 fully saturated rings. The monoisotopic (exact) mass is 399 g/mol. The topological polar surface area (TPSA) is 122 Å². The summed E-state index contributed by atoms with van der Waals surface area (Å²) in [5.74, 6) is -1.52. The summed E-state index contributed by atoms with van der Waals surface area (Å²) in [5, 5.41) is 24.6. The maximum Gasteiger partial charge on any atom is 0.345 e. The fourth-order valence-corrected chi connectivity index (χ4v) is 3.26. The minimum absolute atomic E-state index is 0.206. The fourth-order valence-electron chi connectivity index (χ4n) is 2.68. The van der Waals surface area contributed by atoms with E-state index in [0.29, 0.717) is 11.3 Å². The molecule has 0 saturated carbocycles.